The Morgan fingerprint density at radius 2 is 1.89 bits per heavy atom. The van der Waals surface area contributed by atoms with Gasteiger partial charge in [-0.3, -0.25) is 0 Å². The van der Waals surface area contributed by atoms with Gasteiger partial charge in [0.05, 0.1) is 0 Å². The standard InChI is InChI=1S/C15H34N2O/c1-7-10-16-14(15(2,3)4)9-12-17(5)11-8-13-18-6/h14,16H,7-13H2,1-6H3. The summed E-state index contributed by atoms with van der Waals surface area (Å²) >= 11 is 0. The Morgan fingerprint density at radius 3 is 2.39 bits per heavy atom. The highest BCUT2D eigenvalue weighted by Gasteiger charge is 2.23. The molecule has 0 aliphatic rings. The number of nitrogens with zero attached hydrogens (tertiary/aromatic N) is 1. The third kappa shape index (κ3) is 8.90. The van der Waals surface area contributed by atoms with E-state index in [2.05, 4.69) is 45.0 Å². The maximum atomic E-state index is 5.09. The second kappa shape index (κ2) is 9.76. The zero-order chi connectivity index (χ0) is 14.0. The molecule has 0 aromatic heterocycles. The van der Waals surface area contributed by atoms with E-state index in [0.717, 1.165) is 32.7 Å². The van der Waals surface area contributed by atoms with Gasteiger partial charge >= 0.3 is 0 Å². The van der Waals surface area contributed by atoms with Crippen molar-refractivity contribution in [1.82, 2.24) is 10.2 Å². The highest BCUT2D eigenvalue weighted by Crippen LogP contribution is 2.22. The van der Waals surface area contributed by atoms with E-state index in [9.17, 15) is 0 Å². The first-order chi connectivity index (χ1) is 8.41. The van der Waals surface area contributed by atoms with Crippen LogP contribution in [0, 0.1) is 5.41 Å². The van der Waals surface area contributed by atoms with Crippen molar-refractivity contribution >= 4 is 0 Å². The van der Waals surface area contributed by atoms with Crippen LogP contribution in [0.1, 0.15) is 47.0 Å². The highest BCUT2D eigenvalue weighted by atomic mass is 16.5. The summed E-state index contributed by atoms with van der Waals surface area (Å²) in [5.74, 6) is 0. The molecular weight excluding hydrogens is 224 g/mol. The van der Waals surface area contributed by atoms with Crippen LogP contribution >= 0.6 is 0 Å². The minimum Gasteiger partial charge on any atom is -0.385 e. The summed E-state index contributed by atoms with van der Waals surface area (Å²) < 4.78 is 5.09. The molecule has 0 rings (SSSR count). The van der Waals surface area contributed by atoms with Crippen LogP contribution in [0.25, 0.3) is 0 Å². The lowest BCUT2D eigenvalue weighted by molar-refractivity contribution is 0.172. The number of hydrogen-bond acceptors (Lipinski definition) is 3. The Labute approximate surface area is 114 Å². The van der Waals surface area contributed by atoms with Crippen molar-refractivity contribution in [3.8, 4) is 0 Å². The molecule has 3 nitrogen and oxygen atoms in total. The lowest BCUT2D eigenvalue weighted by Gasteiger charge is -2.33. The Hall–Kier alpha value is -0.120. The lowest BCUT2D eigenvalue weighted by Crippen LogP contribution is -2.42. The molecule has 3 heteroatoms. The van der Waals surface area contributed by atoms with Crippen LogP contribution in [-0.4, -0.2) is 51.3 Å². The van der Waals surface area contributed by atoms with Gasteiger partial charge in [0, 0.05) is 26.3 Å². The topological polar surface area (TPSA) is 24.5 Å². The van der Waals surface area contributed by atoms with E-state index in [1.807, 2.05) is 0 Å². The fraction of sp³-hybridized carbons (Fsp3) is 1.00. The maximum Gasteiger partial charge on any atom is 0.0474 e. The first-order valence-electron chi connectivity index (χ1n) is 7.32. The molecule has 0 amide bonds. The summed E-state index contributed by atoms with van der Waals surface area (Å²) in [4.78, 5) is 2.41. The molecule has 0 aromatic carbocycles. The Bertz CT molecular complexity index is 189. The predicted molar refractivity (Wildman–Crippen MR) is 80.1 cm³/mol. The summed E-state index contributed by atoms with van der Waals surface area (Å²) in [6.07, 6.45) is 3.54. The van der Waals surface area contributed by atoms with E-state index in [4.69, 9.17) is 4.74 Å². The van der Waals surface area contributed by atoms with Gasteiger partial charge in [-0.25, -0.2) is 0 Å². The molecule has 0 heterocycles. The van der Waals surface area contributed by atoms with Crippen LogP contribution in [-0.2, 0) is 4.74 Å². The molecule has 0 radical (unpaired) electrons. The van der Waals surface area contributed by atoms with Gasteiger partial charge in [-0.05, 0) is 44.8 Å². The molecule has 0 saturated heterocycles. The highest BCUT2D eigenvalue weighted by molar-refractivity contribution is 4.81. The number of hydrogen-bond donors (Lipinski definition) is 1. The van der Waals surface area contributed by atoms with Gasteiger partial charge in [-0.15, -0.1) is 0 Å². The molecule has 0 aliphatic heterocycles. The monoisotopic (exact) mass is 258 g/mol. The summed E-state index contributed by atoms with van der Waals surface area (Å²) in [5, 5.41) is 3.68. The van der Waals surface area contributed by atoms with Crippen LogP contribution in [0.3, 0.4) is 0 Å². The number of ether oxygens (including phenoxy) is 1. The fourth-order valence-corrected chi connectivity index (χ4v) is 2.10. The van der Waals surface area contributed by atoms with Crippen molar-refractivity contribution < 1.29 is 4.74 Å². The quantitative estimate of drug-likeness (QED) is 0.610. The van der Waals surface area contributed by atoms with Crippen molar-refractivity contribution in [2.24, 2.45) is 5.41 Å². The zero-order valence-electron chi connectivity index (χ0n) is 13.4. The molecule has 18 heavy (non-hydrogen) atoms. The van der Waals surface area contributed by atoms with E-state index in [0.29, 0.717) is 11.5 Å². The molecule has 0 spiro atoms. The molecule has 0 fully saturated rings. The molecule has 110 valence electrons. The molecular formula is C15H34N2O. The van der Waals surface area contributed by atoms with Crippen LogP contribution in [0.2, 0.25) is 0 Å². The van der Waals surface area contributed by atoms with Gasteiger partial charge in [0.25, 0.3) is 0 Å². The van der Waals surface area contributed by atoms with E-state index in [-0.39, 0.29) is 0 Å². The number of rotatable bonds is 10. The first kappa shape index (κ1) is 17.9. The fourth-order valence-electron chi connectivity index (χ4n) is 2.10. The van der Waals surface area contributed by atoms with Crippen LogP contribution in [0.5, 0.6) is 0 Å². The second-order valence-electron chi connectivity index (χ2n) is 6.31. The lowest BCUT2D eigenvalue weighted by atomic mass is 9.84. The van der Waals surface area contributed by atoms with Crippen molar-refractivity contribution in [2.75, 3.05) is 40.4 Å². The van der Waals surface area contributed by atoms with Gasteiger partial charge in [0.1, 0.15) is 0 Å². The number of nitrogens with one attached hydrogen (secondary N) is 1. The average molecular weight is 258 g/mol. The van der Waals surface area contributed by atoms with Crippen LogP contribution in [0.15, 0.2) is 0 Å². The normalized spacial score (nSPS) is 14.2. The molecule has 0 aliphatic carbocycles. The van der Waals surface area contributed by atoms with E-state index in [1.165, 1.54) is 12.8 Å². The van der Waals surface area contributed by atoms with E-state index >= 15 is 0 Å². The summed E-state index contributed by atoms with van der Waals surface area (Å²) in [6.45, 7) is 13.5. The van der Waals surface area contributed by atoms with Crippen molar-refractivity contribution in [2.45, 2.75) is 53.0 Å². The predicted octanol–water partition coefficient (Wildman–Crippen LogP) is 2.76. The first-order valence-corrected chi connectivity index (χ1v) is 7.32. The van der Waals surface area contributed by atoms with Gasteiger partial charge in [0.2, 0.25) is 0 Å². The summed E-state index contributed by atoms with van der Waals surface area (Å²) in [6, 6.07) is 0.599. The van der Waals surface area contributed by atoms with Crippen molar-refractivity contribution in [1.29, 1.82) is 0 Å². The van der Waals surface area contributed by atoms with Crippen molar-refractivity contribution in [3.63, 3.8) is 0 Å². The summed E-state index contributed by atoms with van der Waals surface area (Å²) in [7, 11) is 3.97. The van der Waals surface area contributed by atoms with Crippen LogP contribution < -0.4 is 5.32 Å². The molecule has 0 bridgehead atoms. The van der Waals surface area contributed by atoms with Crippen molar-refractivity contribution in [3.05, 3.63) is 0 Å². The molecule has 0 saturated carbocycles. The maximum absolute atomic E-state index is 5.09. The average Bonchev–Trinajstić information content (AvgIpc) is 2.27. The molecule has 1 unspecified atom stereocenters. The smallest absolute Gasteiger partial charge is 0.0474 e. The van der Waals surface area contributed by atoms with E-state index in [1.54, 1.807) is 7.11 Å². The third-order valence-electron chi connectivity index (χ3n) is 3.37. The van der Waals surface area contributed by atoms with Gasteiger partial charge in [0.15, 0.2) is 0 Å². The second-order valence-corrected chi connectivity index (χ2v) is 6.31. The SMILES string of the molecule is CCCNC(CCN(C)CCCOC)C(C)(C)C. The van der Waals surface area contributed by atoms with Crippen LogP contribution in [0.4, 0.5) is 0 Å². The Morgan fingerprint density at radius 1 is 1.22 bits per heavy atom. The Balaban J connectivity index is 3.94. The zero-order valence-corrected chi connectivity index (χ0v) is 13.4. The summed E-state index contributed by atoms with van der Waals surface area (Å²) in [5.41, 5.74) is 0.336. The third-order valence-corrected chi connectivity index (χ3v) is 3.37. The van der Waals surface area contributed by atoms with E-state index < -0.39 is 0 Å². The Kier molecular flexibility index (Phi) is 9.70. The van der Waals surface area contributed by atoms with Gasteiger partial charge in [-0.1, -0.05) is 27.7 Å². The van der Waals surface area contributed by atoms with Gasteiger partial charge < -0.3 is 15.0 Å². The minimum atomic E-state index is 0.336. The largest absolute Gasteiger partial charge is 0.385 e. The minimum absolute atomic E-state index is 0.336. The molecule has 1 atom stereocenters. The number of methoxy groups -OCH3 is 1. The van der Waals surface area contributed by atoms with Gasteiger partial charge in [-0.2, -0.15) is 0 Å². The molecule has 1 N–H and O–H groups in total. The molecule has 0 aromatic rings.